The van der Waals surface area contributed by atoms with Gasteiger partial charge in [0, 0.05) is 17.3 Å². The molecule has 1 heterocycles. The van der Waals surface area contributed by atoms with E-state index < -0.39 is 5.69 Å². The van der Waals surface area contributed by atoms with E-state index in [2.05, 4.69) is 5.32 Å². The molecule has 1 amide bonds. The molecule has 4 rings (SSSR count). The van der Waals surface area contributed by atoms with E-state index in [1.807, 2.05) is 43.3 Å². The van der Waals surface area contributed by atoms with Gasteiger partial charge in [0.25, 0.3) is 5.56 Å². The van der Waals surface area contributed by atoms with Crippen molar-refractivity contribution in [2.75, 3.05) is 5.32 Å². The average molecular weight is 448 g/mol. The summed E-state index contributed by atoms with van der Waals surface area (Å²) in [5.41, 5.74) is 2.02. The number of carbonyl (C=O) groups is 1. The van der Waals surface area contributed by atoms with Crippen LogP contribution in [0.1, 0.15) is 11.1 Å². The second-order valence-corrected chi connectivity index (χ2v) is 8.00. The summed E-state index contributed by atoms with van der Waals surface area (Å²) in [7, 11) is 0. The summed E-state index contributed by atoms with van der Waals surface area (Å²) in [4.78, 5) is 39.0. The Balaban J connectivity index is 1.68. The fraction of sp³-hybridized carbons (Fsp3) is 0.160. The molecule has 0 saturated carbocycles. The van der Waals surface area contributed by atoms with Gasteiger partial charge in [-0.1, -0.05) is 60.1 Å². The van der Waals surface area contributed by atoms with Crippen LogP contribution in [0.2, 0.25) is 5.02 Å². The Labute approximate surface area is 189 Å². The van der Waals surface area contributed by atoms with Crippen molar-refractivity contribution < 1.29 is 4.79 Å². The van der Waals surface area contributed by atoms with Crippen molar-refractivity contribution >= 4 is 34.1 Å². The van der Waals surface area contributed by atoms with Crippen molar-refractivity contribution in [1.82, 2.24) is 9.13 Å². The number of para-hydroxylation sites is 1. The summed E-state index contributed by atoms with van der Waals surface area (Å²) in [6.07, 6.45) is 0.530. The normalized spacial score (nSPS) is 10.9. The number of hydrogen-bond donors (Lipinski definition) is 1. The SMILES string of the molecule is Cc1ccc(NC(=O)Cn2c(=O)n(CCc3ccccc3)c(=O)c3ccccc32)cc1Cl. The van der Waals surface area contributed by atoms with Gasteiger partial charge in [-0.15, -0.1) is 0 Å². The molecule has 0 fully saturated rings. The number of halogens is 1. The zero-order valence-corrected chi connectivity index (χ0v) is 18.3. The molecule has 0 saturated heterocycles. The first kappa shape index (κ1) is 21.6. The molecule has 0 aliphatic heterocycles. The number of rotatable bonds is 6. The molecule has 0 aliphatic carbocycles. The number of aromatic nitrogens is 2. The Bertz CT molecular complexity index is 1410. The van der Waals surface area contributed by atoms with Crippen LogP contribution in [0.5, 0.6) is 0 Å². The fourth-order valence-electron chi connectivity index (χ4n) is 3.62. The van der Waals surface area contributed by atoms with Gasteiger partial charge in [-0.2, -0.15) is 0 Å². The van der Waals surface area contributed by atoms with Crippen LogP contribution in [0.15, 0.2) is 82.4 Å². The van der Waals surface area contributed by atoms with Crippen molar-refractivity contribution in [3.8, 4) is 0 Å². The van der Waals surface area contributed by atoms with Crippen LogP contribution in [0, 0.1) is 6.92 Å². The number of benzene rings is 3. The third-order valence-corrected chi connectivity index (χ3v) is 5.76. The molecule has 0 aliphatic rings. The highest BCUT2D eigenvalue weighted by atomic mass is 35.5. The smallest absolute Gasteiger partial charge is 0.324 e. The molecule has 7 heteroatoms. The van der Waals surface area contributed by atoms with Crippen molar-refractivity contribution in [1.29, 1.82) is 0 Å². The van der Waals surface area contributed by atoms with Crippen LogP contribution in [0.3, 0.4) is 0 Å². The molecule has 1 aromatic heterocycles. The molecule has 4 aromatic rings. The Morgan fingerprint density at radius 2 is 1.66 bits per heavy atom. The van der Waals surface area contributed by atoms with E-state index in [-0.39, 0.29) is 24.6 Å². The van der Waals surface area contributed by atoms with Crippen LogP contribution in [0.4, 0.5) is 5.69 Å². The molecule has 0 spiro atoms. The number of aryl methyl sites for hydroxylation is 2. The zero-order chi connectivity index (χ0) is 22.7. The molecule has 162 valence electrons. The maximum absolute atomic E-state index is 13.2. The first-order chi connectivity index (χ1) is 15.4. The summed E-state index contributed by atoms with van der Waals surface area (Å²) in [6, 6.07) is 21.7. The molecular weight excluding hydrogens is 426 g/mol. The summed E-state index contributed by atoms with van der Waals surface area (Å²) in [5.74, 6) is -0.384. The molecule has 0 bridgehead atoms. The van der Waals surface area contributed by atoms with Crippen molar-refractivity contribution in [2.24, 2.45) is 0 Å². The van der Waals surface area contributed by atoms with Crippen molar-refractivity contribution in [2.45, 2.75) is 26.4 Å². The number of fused-ring (bicyclic) bond motifs is 1. The van der Waals surface area contributed by atoms with Gasteiger partial charge in [0.15, 0.2) is 0 Å². The van der Waals surface area contributed by atoms with E-state index in [4.69, 9.17) is 11.6 Å². The minimum atomic E-state index is -0.512. The first-order valence-corrected chi connectivity index (χ1v) is 10.6. The summed E-state index contributed by atoms with van der Waals surface area (Å²) >= 11 is 6.14. The minimum absolute atomic E-state index is 0.224. The van der Waals surface area contributed by atoms with Crippen LogP contribution >= 0.6 is 11.6 Å². The quantitative estimate of drug-likeness (QED) is 0.485. The highest BCUT2D eigenvalue weighted by Crippen LogP contribution is 2.20. The third kappa shape index (κ3) is 4.50. The molecular formula is C25H22ClN3O3. The van der Waals surface area contributed by atoms with E-state index >= 15 is 0 Å². The van der Waals surface area contributed by atoms with Gasteiger partial charge in [-0.3, -0.25) is 18.7 Å². The molecule has 0 atom stereocenters. The lowest BCUT2D eigenvalue weighted by atomic mass is 10.1. The summed E-state index contributed by atoms with van der Waals surface area (Å²) in [5, 5.41) is 3.71. The van der Waals surface area contributed by atoms with Gasteiger partial charge < -0.3 is 5.32 Å². The third-order valence-electron chi connectivity index (χ3n) is 5.36. The second kappa shape index (κ2) is 9.24. The lowest BCUT2D eigenvalue weighted by Crippen LogP contribution is -2.42. The highest BCUT2D eigenvalue weighted by molar-refractivity contribution is 6.31. The van der Waals surface area contributed by atoms with E-state index in [1.54, 1.807) is 36.4 Å². The molecule has 0 unspecified atom stereocenters. The Hall–Kier alpha value is -3.64. The molecule has 6 nitrogen and oxygen atoms in total. The Kier molecular flexibility index (Phi) is 6.23. The second-order valence-electron chi connectivity index (χ2n) is 7.59. The van der Waals surface area contributed by atoms with Crippen molar-refractivity contribution in [3.05, 3.63) is 110 Å². The number of nitrogens with one attached hydrogen (secondary N) is 1. The number of anilines is 1. The first-order valence-electron chi connectivity index (χ1n) is 10.3. The van der Waals surface area contributed by atoms with Crippen LogP contribution in [0.25, 0.3) is 10.9 Å². The number of carbonyl (C=O) groups excluding carboxylic acids is 1. The number of amides is 1. The van der Waals surface area contributed by atoms with E-state index in [0.717, 1.165) is 11.1 Å². The summed E-state index contributed by atoms with van der Waals surface area (Å²) in [6.45, 7) is 1.87. The number of nitrogens with zero attached hydrogens (tertiary/aromatic N) is 2. The molecule has 32 heavy (non-hydrogen) atoms. The predicted octanol–water partition coefficient (Wildman–Crippen LogP) is 4.01. The maximum Gasteiger partial charge on any atom is 0.331 e. The predicted molar refractivity (Wildman–Crippen MR) is 127 cm³/mol. The van der Waals surface area contributed by atoms with Gasteiger partial charge in [0.05, 0.1) is 10.9 Å². The lowest BCUT2D eigenvalue weighted by molar-refractivity contribution is -0.116. The monoisotopic (exact) mass is 447 g/mol. The maximum atomic E-state index is 13.2. The van der Waals surface area contributed by atoms with Crippen LogP contribution in [-0.2, 0) is 24.3 Å². The topological polar surface area (TPSA) is 73.1 Å². The van der Waals surface area contributed by atoms with Crippen molar-refractivity contribution in [3.63, 3.8) is 0 Å². The molecule has 3 aromatic carbocycles. The lowest BCUT2D eigenvalue weighted by Gasteiger charge is -2.14. The summed E-state index contributed by atoms with van der Waals surface area (Å²) < 4.78 is 2.54. The van der Waals surface area contributed by atoms with Gasteiger partial charge in [0.1, 0.15) is 6.54 Å². The molecule has 0 radical (unpaired) electrons. The van der Waals surface area contributed by atoms with E-state index in [9.17, 15) is 14.4 Å². The zero-order valence-electron chi connectivity index (χ0n) is 17.5. The van der Waals surface area contributed by atoms with Gasteiger partial charge in [0.2, 0.25) is 5.91 Å². The molecule has 1 N–H and O–H groups in total. The largest absolute Gasteiger partial charge is 0.331 e. The van der Waals surface area contributed by atoms with Crippen LogP contribution < -0.4 is 16.6 Å². The Morgan fingerprint density at radius 3 is 2.41 bits per heavy atom. The standard InChI is InChI=1S/C25H22ClN3O3/c1-17-11-12-19(15-21(17)26)27-23(30)16-29-22-10-6-5-9-20(22)24(31)28(25(29)32)14-13-18-7-3-2-4-8-18/h2-12,15H,13-14,16H2,1H3,(H,27,30). The Morgan fingerprint density at radius 1 is 0.938 bits per heavy atom. The van der Waals surface area contributed by atoms with Gasteiger partial charge in [-0.25, -0.2) is 4.79 Å². The highest BCUT2D eigenvalue weighted by Gasteiger charge is 2.15. The fourth-order valence-corrected chi connectivity index (χ4v) is 3.80. The number of hydrogen-bond acceptors (Lipinski definition) is 3. The van der Waals surface area contributed by atoms with Gasteiger partial charge >= 0.3 is 5.69 Å². The van der Waals surface area contributed by atoms with Gasteiger partial charge in [-0.05, 0) is 48.7 Å². The van der Waals surface area contributed by atoms with E-state index in [0.29, 0.717) is 28.0 Å². The average Bonchev–Trinajstić information content (AvgIpc) is 2.80. The van der Waals surface area contributed by atoms with E-state index in [1.165, 1.54) is 9.13 Å². The van der Waals surface area contributed by atoms with Crippen LogP contribution in [-0.4, -0.2) is 15.0 Å². The minimum Gasteiger partial charge on any atom is -0.324 e.